The molecule has 0 heterocycles. The highest BCUT2D eigenvalue weighted by Gasteiger charge is 2.24. The molecule has 0 rings (SSSR count). The van der Waals surface area contributed by atoms with Crippen LogP contribution in [0.3, 0.4) is 0 Å². The van der Waals surface area contributed by atoms with Crippen LogP contribution in [0.25, 0.3) is 0 Å². The predicted octanol–water partition coefficient (Wildman–Crippen LogP) is 17.5. The first-order valence-electron chi connectivity index (χ1n) is 28.6. The van der Waals surface area contributed by atoms with Gasteiger partial charge in [0.15, 0.2) is 0 Å². The maximum atomic E-state index is 13.3. The summed E-state index contributed by atoms with van der Waals surface area (Å²) >= 11 is 0. The number of aliphatic hydroxyl groups is 2. The zero-order valence-corrected chi connectivity index (χ0v) is 43.2. The summed E-state index contributed by atoms with van der Waals surface area (Å²) < 4.78 is 5.96. The van der Waals surface area contributed by atoms with Gasteiger partial charge < -0.3 is 20.3 Å². The normalized spacial score (nSPS) is 13.3. The third kappa shape index (κ3) is 46.9. The van der Waals surface area contributed by atoms with E-state index in [0.717, 1.165) is 64.2 Å². The Morgan fingerprint density at radius 1 is 0.453 bits per heavy atom. The molecule has 0 saturated carbocycles. The van der Waals surface area contributed by atoms with Gasteiger partial charge in [0.2, 0.25) is 5.91 Å². The van der Waals surface area contributed by atoms with Crippen LogP contribution in [0.2, 0.25) is 0 Å². The van der Waals surface area contributed by atoms with Crippen molar-refractivity contribution in [3.63, 3.8) is 0 Å². The minimum absolute atomic E-state index is 0.0781. The molecule has 0 aliphatic carbocycles. The van der Waals surface area contributed by atoms with Crippen LogP contribution in [0.4, 0.5) is 0 Å². The molecule has 1 amide bonds. The number of rotatable bonds is 52. The molecule has 3 N–H and O–H groups in total. The Morgan fingerprint density at radius 3 is 1.22 bits per heavy atom. The molecule has 0 aromatic heterocycles. The zero-order chi connectivity index (χ0) is 46.7. The van der Waals surface area contributed by atoms with Gasteiger partial charge in [0.1, 0.15) is 6.10 Å². The Morgan fingerprint density at radius 2 is 0.797 bits per heavy atom. The van der Waals surface area contributed by atoms with Crippen molar-refractivity contribution in [1.29, 1.82) is 0 Å². The fraction of sp³-hybridized carbons (Fsp3) is 0.897. The Bertz CT molecular complexity index is 1010. The molecule has 378 valence electrons. The first-order chi connectivity index (χ1) is 31.5. The lowest BCUT2D eigenvalue weighted by molar-refractivity contribution is -0.151. The number of amides is 1. The van der Waals surface area contributed by atoms with Crippen molar-refractivity contribution >= 4 is 11.9 Å². The number of carbonyl (C=O) groups excluding carboxylic acids is 2. The number of hydrogen-bond acceptors (Lipinski definition) is 5. The third-order valence-corrected chi connectivity index (χ3v) is 13.3. The molecule has 0 aromatic carbocycles. The van der Waals surface area contributed by atoms with E-state index in [1.165, 1.54) is 199 Å². The largest absolute Gasteiger partial charge is 0.462 e. The monoisotopic (exact) mass is 902 g/mol. The van der Waals surface area contributed by atoms with Crippen molar-refractivity contribution < 1.29 is 24.5 Å². The van der Waals surface area contributed by atoms with Crippen molar-refractivity contribution in [2.75, 3.05) is 6.61 Å². The molecule has 3 unspecified atom stereocenters. The third-order valence-electron chi connectivity index (χ3n) is 13.3. The molecule has 0 spiro atoms. The molecule has 0 fully saturated rings. The smallest absolute Gasteiger partial charge is 0.306 e. The quantitative estimate of drug-likeness (QED) is 0.0321. The standard InChI is InChI=1S/C58H111NO5/c1-4-7-10-13-16-19-22-25-27-29-30-32-34-37-40-43-46-49-54(64-58(63)51-48-45-42-39-36-33-31-28-26-23-20-17-14-11-8-5-2)52-57(62)59-55(53-60)56(61)50-47-44-41-38-35-24-21-18-15-12-9-6-3/h16,19,25,27,54-56,60-61H,4-15,17-18,20-24,26,28-53H2,1-3H3,(H,59,62)/b19-16-,27-25-. The number of ether oxygens (including phenoxy) is 1. The van der Waals surface area contributed by atoms with Crippen molar-refractivity contribution in [3.8, 4) is 0 Å². The molecule has 0 radical (unpaired) electrons. The van der Waals surface area contributed by atoms with Gasteiger partial charge in [-0.3, -0.25) is 9.59 Å². The van der Waals surface area contributed by atoms with Gasteiger partial charge in [0, 0.05) is 6.42 Å². The van der Waals surface area contributed by atoms with Crippen molar-refractivity contribution in [2.24, 2.45) is 0 Å². The molecule has 64 heavy (non-hydrogen) atoms. The maximum Gasteiger partial charge on any atom is 0.306 e. The van der Waals surface area contributed by atoms with Crippen molar-refractivity contribution in [2.45, 2.75) is 328 Å². The van der Waals surface area contributed by atoms with Gasteiger partial charge in [0.25, 0.3) is 0 Å². The minimum Gasteiger partial charge on any atom is -0.462 e. The first kappa shape index (κ1) is 62.3. The fourth-order valence-electron chi connectivity index (χ4n) is 8.93. The second-order valence-electron chi connectivity index (χ2n) is 19.7. The molecule has 3 atom stereocenters. The highest BCUT2D eigenvalue weighted by molar-refractivity contribution is 5.77. The molecule has 0 aliphatic rings. The fourth-order valence-corrected chi connectivity index (χ4v) is 8.93. The second kappa shape index (κ2) is 52.3. The lowest BCUT2D eigenvalue weighted by atomic mass is 10.0. The second-order valence-corrected chi connectivity index (χ2v) is 19.7. The van der Waals surface area contributed by atoms with Crippen LogP contribution < -0.4 is 5.32 Å². The van der Waals surface area contributed by atoms with E-state index >= 15 is 0 Å². The topological polar surface area (TPSA) is 95.9 Å². The van der Waals surface area contributed by atoms with Gasteiger partial charge >= 0.3 is 5.97 Å². The first-order valence-corrected chi connectivity index (χ1v) is 28.6. The number of carbonyl (C=O) groups is 2. The van der Waals surface area contributed by atoms with Crippen LogP contribution >= 0.6 is 0 Å². The zero-order valence-electron chi connectivity index (χ0n) is 43.2. The van der Waals surface area contributed by atoms with E-state index in [0.29, 0.717) is 19.3 Å². The molecule has 6 heteroatoms. The molecule has 6 nitrogen and oxygen atoms in total. The minimum atomic E-state index is -0.786. The Balaban J connectivity index is 4.55. The van der Waals surface area contributed by atoms with Crippen LogP contribution in [-0.2, 0) is 14.3 Å². The van der Waals surface area contributed by atoms with Gasteiger partial charge in [-0.1, -0.05) is 263 Å². The number of hydrogen-bond donors (Lipinski definition) is 3. The summed E-state index contributed by atoms with van der Waals surface area (Å²) in [7, 11) is 0. The van der Waals surface area contributed by atoms with Gasteiger partial charge in [-0.15, -0.1) is 0 Å². The number of allylic oxidation sites excluding steroid dienone is 4. The van der Waals surface area contributed by atoms with Crippen LogP contribution in [0.1, 0.15) is 310 Å². The van der Waals surface area contributed by atoms with E-state index < -0.39 is 18.2 Å². The number of nitrogens with one attached hydrogen (secondary N) is 1. The van der Waals surface area contributed by atoms with Crippen LogP contribution in [0.15, 0.2) is 24.3 Å². The van der Waals surface area contributed by atoms with Gasteiger partial charge in [0.05, 0.1) is 25.2 Å². The summed E-state index contributed by atoms with van der Waals surface area (Å²) in [6, 6.07) is -0.700. The maximum absolute atomic E-state index is 13.3. The van der Waals surface area contributed by atoms with E-state index in [1.54, 1.807) is 0 Å². The lowest BCUT2D eigenvalue weighted by Gasteiger charge is -2.24. The summed E-state index contributed by atoms with van der Waals surface area (Å²) in [5.74, 6) is -0.462. The van der Waals surface area contributed by atoms with Crippen LogP contribution in [0.5, 0.6) is 0 Å². The van der Waals surface area contributed by atoms with Gasteiger partial charge in [-0.25, -0.2) is 0 Å². The van der Waals surface area contributed by atoms with Gasteiger partial charge in [-0.2, -0.15) is 0 Å². The molecule has 0 aliphatic heterocycles. The average molecular weight is 903 g/mol. The molecule has 0 saturated heterocycles. The highest BCUT2D eigenvalue weighted by Crippen LogP contribution is 2.19. The van der Waals surface area contributed by atoms with E-state index in [-0.39, 0.29) is 24.9 Å². The summed E-state index contributed by atoms with van der Waals surface area (Å²) in [4.78, 5) is 26.3. The number of esters is 1. The summed E-state index contributed by atoms with van der Waals surface area (Å²) in [5, 5.41) is 23.8. The lowest BCUT2D eigenvalue weighted by Crippen LogP contribution is -2.46. The highest BCUT2D eigenvalue weighted by atomic mass is 16.5. The van der Waals surface area contributed by atoms with Gasteiger partial charge in [-0.05, 0) is 57.8 Å². The van der Waals surface area contributed by atoms with E-state index in [2.05, 4.69) is 50.4 Å². The SMILES string of the molecule is CCCCC/C=C\C/C=C\CCCCCCCCCC(CC(=O)NC(CO)C(O)CCCCCCCCCCCCCC)OC(=O)CCCCCCCCCCCCCCCCCC. The summed E-state index contributed by atoms with van der Waals surface area (Å²) in [6.07, 6.45) is 61.0. The Labute approximate surface area is 399 Å². The van der Waals surface area contributed by atoms with Crippen LogP contribution in [-0.4, -0.2) is 46.9 Å². The molecule has 0 bridgehead atoms. The molecule has 0 aromatic rings. The molecular formula is C58H111NO5. The summed E-state index contributed by atoms with van der Waals surface area (Å²) in [6.45, 7) is 6.49. The number of unbranched alkanes of at least 4 members (excludes halogenated alkanes) is 36. The van der Waals surface area contributed by atoms with Crippen molar-refractivity contribution in [1.82, 2.24) is 5.32 Å². The Hall–Kier alpha value is -1.66. The van der Waals surface area contributed by atoms with E-state index in [4.69, 9.17) is 4.74 Å². The Kier molecular flexibility index (Phi) is 51.0. The average Bonchev–Trinajstić information content (AvgIpc) is 3.29. The van der Waals surface area contributed by atoms with E-state index in [1.807, 2.05) is 0 Å². The number of aliphatic hydroxyl groups excluding tert-OH is 2. The van der Waals surface area contributed by atoms with Crippen LogP contribution in [0, 0.1) is 0 Å². The molecular weight excluding hydrogens is 791 g/mol. The summed E-state index contributed by atoms with van der Waals surface area (Å²) in [5.41, 5.74) is 0. The van der Waals surface area contributed by atoms with E-state index in [9.17, 15) is 19.8 Å². The predicted molar refractivity (Wildman–Crippen MR) is 278 cm³/mol. The van der Waals surface area contributed by atoms with Crippen molar-refractivity contribution in [3.05, 3.63) is 24.3 Å².